The number of β-amino-alcohol motifs (C(OH)–C–C–N with tert-alkyl or cyclic N) is 1. The second kappa shape index (κ2) is 8.00. The Morgan fingerprint density at radius 3 is 2.73 bits per heavy atom. The van der Waals surface area contributed by atoms with E-state index in [9.17, 15) is 9.90 Å². The molecule has 1 aromatic carbocycles. The van der Waals surface area contributed by atoms with Crippen molar-refractivity contribution in [3.8, 4) is 11.5 Å². The zero-order valence-electron chi connectivity index (χ0n) is 13.1. The van der Waals surface area contributed by atoms with Crippen molar-refractivity contribution in [1.29, 1.82) is 0 Å². The Morgan fingerprint density at radius 2 is 2.09 bits per heavy atom. The molecule has 0 spiro atoms. The molecule has 122 valence electrons. The smallest absolute Gasteiger partial charge is 0.220 e. The molecule has 0 bridgehead atoms. The molecule has 1 amide bonds. The number of carbonyl (C=O) groups excluding carboxylic acids is 1. The van der Waals surface area contributed by atoms with Crippen LogP contribution in [0.15, 0.2) is 18.2 Å². The van der Waals surface area contributed by atoms with Gasteiger partial charge in [-0.05, 0) is 24.1 Å². The fraction of sp³-hybridized carbons (Fsp3) is 0.562. The zero-order chi connectivity index (χ0) is 15.9. The van der Waals surface area contributed by atoms with Gasteiger partial charge in [0.05, 0.1) is 20.3 Å². The van der Waals surface area contributed by atoms with Crippen molar-refractivity contribution in [1.82, 2.24) is 10.6 Å². The molecular weight excluding hydrogens is 284 g/mol. The van der Waals surface area contributed by atoms with Crippen LogP contribution in [-0.2, 0) is 11.2 Å². The zero-order valence-corrected chi connectivity index (χ0v) is 13.1. The third-order valence-electron chi connectivity index (χ3n) is 3.95. The third-order valence-corrected chi connectivity index (χ3v) is 3.95. The number of aryl methyl sites for hydroxylation is 1. The summed E-state index contributed by atoms with van der Waals surface area (Å²) in [6.45, 7) is 1.86. The lowest BCUT2D eigenvalue weighted by Gasteiger charge is -2.14. The van der Waals surface area contributed by atoms with Crippen molar-refractivity contribution in [2.24, 2.45) is 5.92 Å². The third kappa shape index (κ3) is 4.35. The monoisotopic (exact) mass is 308 g/mol. The van der Waals surface area contributed by atoms with Crippen molar-refractivity contribution in [3.63, 3.8) is 0 Å². The molecule has 1 aliphatic rings. The van der Waals surface area contributed by atoms with Crippen LogP contribution >= 0.6 is 0 Å². The van der Waals surface area contributed by atoms with E-state index in [1.165, 1.54) is 0 Å². The van der Waals surface area contributed by atoms with Gasteiger partial charge in [0.2, 0.25) is 5.91 Å². The van der Waals surface area contributed by atoms with Crippen LogP contribution in [0.3, 0.4) is 0 Å². The summed E-state index contributed by atoms with van der Waals surface area (Å²) in [7, 11) is 3.19. The number of aliphatic hydroxyl groups excluding tert-OH is 1. The number of hydrogen-bond donors (Lipinski definition) is 3. The summed E-state index contributed by atoms with van der Waals surface area (Å²) in [4.78, 5) is 11.9. The summed E-state index contributed by atoms with van der Waals surface area (Å²) in [5.74, 6) is 1.44. The van der Waals surface area contributed by atoms with E-state index in [-0.39, 0.29) is 17.9 Å². The molecule has 6 nitrogen and oxygen atoms in total. The van der Waals surface area contributed by atoms with Crippen molar-refractivity contribution < 1.29 is 19.4 Å². The quantitative estimate of drug-likeness (QED) is 0.676. The highest BCUT2D eigenvalue weighted by molar-refractivity contribution is 5.76. The lowest BCUT2D eigenvalue weighted by atomic mass is 10.1. The van der Waals surface area contributed by atoms with Gasteiger partial charge in [0.15, 0.2) is 11.5 Å². The van der Waals surface area contributed by atoms with Crippen molar-refractivity contribution in [2.45, 2.75) is 18.9 Å². The largest absolute Gasteiger partial charge is 0.493 e. The number of ether oxygens (including phenoxy) is 2. The normalized spacial score (nSPS) is 20.7. The van der Waals surface area contributed by atoms with E-state index in [1.54, 1.807) is 14.2 Å². The van der Waals surface area contributed by atoms with Crippen molar-refractivity contribution >= 4 is 5.91 Å². The molecular formula is C16H24N2O4. The Bertz CT molecular complexity index is 507. The van der Waals surface area contributed by atoms with Gasteiger partial charge in [-0.2, -0.15) is 0 Å². The summed E-state index contributed by atoms with van der Waals surface area (Å²) in [5.41, 5.74) is 1.02. The number of benzene rings is 1. The van der Waals surface area contributed by atoms with Crippen LogP contribution in [0.1, 0.15) is 12.0 Å². The summed E-state index contributed by atoms with van der Waals surface area (Å²) in [5, 5.41) is 15.7. The van der Waals surface area contributed by atoms with Crippen molar-refractivity contribution in [2.75, 3.05) is 33.9 Å². The van der Waals surface area contributed by atoms with Gasteiger partial charge in [-0.15, -0.1) is 0 Å². The van der Waals surface area contributed by atoms with Crippen LogP contribution in [-0.4, -0.2) is 51.0 Å². The first kappa shape index (κ1) is 16.6. The molecule has 2 atom stereocenters. The molecule has 1 aromatic rings. The van der Waals surface area contributed by atoms with Gasteiger partial charge < -0.3 is 25.2 Å². The van der Waals surface area contributed by atoms with Crippen LogP contribution in [0.25, 0.3) is 0 Å². The molecule has 0 saturated carbocycles. The highest BCUT2D eigenvalue weighted by Crippen LogP contribution is 2.27. The molecule has 0 radical (unpaired) electrons. The number of hydrogen-bond acceptors (Lipinski definition) is 5. The maximum Gasteiger partial charge on any atom is 0.220 e. The summed E-state index contributed by atoms with van der Waals surface area (Å²) >= 11 is 0. The van der Waals surface area contributed by atoms with E-state index in [0.717, 1.165) is 12.1 Å². The Balaban J connectivity index is 1.78. The highest BCUT2D eigenvalue weighted by Gasteiger charge is 2.24. The average molecular weight is 308 g/mol. The average Bonchev–Trinajstić information content (AvgIpc) is 2.95. The Kier molecular flexibility index (Phi) is 6.03. The van der Waals surface area contributed by atoms with Gasteiger partial charge in [-0.1, -0.05) is 6.07 Å². The molecule has 2 rings (SSSR count). The van der Waals surface area contributed by atoms with Gasteiger partial charge >= 0.3 is 0 Å². The Labute approximate surface area is 130 Å². The van der Waals surface area contributed by atoms with Crippen LogP contribution in [0.2, 0.25) is 0 Å². The van der Waals surface area contributed by atoms with E-state index in [0.29, 0.717) is 37.4 Å². The van der Waals surface area contributed by atoms with Crippen LogP contribution < -0.4 is 20.1 Å². The van der Waals surface area contributed by atoms with E-state index in [2.05, 4.69) is 10.6 Å². The second-order valence-electron chi connectivity index (χ2n) is 5.48. The van der Waals surface area contributed by atoms with Crippen LogP contribution in [0.4, 0.5) is 0 Å². The standard InChI is InChI=1S/C16H24N2O4/c1-21-14-5-3-11(7-15(14)22-2)4-6-16(20)18-9-12-8-17-10-13(12)19/h3,5,7,12-13,17,19H,4,6,8-10H2,1-2H3,(H,18,20). The first-order chi connectivity index (χ1) is 10.6. The van der Waals surface area contributed by atoms with E-state index in [4.69, 9.17) is 9.47 Å². The topological polar surface area (TPSA) is 79.8 Å². The van der Waals surface area contributed by atoms with Crippen LogP contribution in [0.5, 0.6) is 11.5 Å². The molecule has 0 aromatic heterocycles. The predicted octanol–water partition coefficient (Wildman–Crippen LogP) is 0.333. The van der Waals surface area contributed by atoms with Gasteiger partial charge in [0.1, 0.15) is 0 Å². The number of amides is 1. The van der Waals surface area contributed by atoms with Gasteiger partial charge in [0, 0.05) is 32.0 Å². The fourth-order valence-corrected chi connectivity index (χ4v) is 2.55. The maximum absolute atomic E-state index is 11.9. The highest BCUT2D eigenvalue weighted by atomic mass is 16.5. The molecule has 6 heteroatoms. The van der Waals surface area contributed by atoms with Crippen LogP contribution in [0, 0.1) is 5.92 Å². The van der Waals surface area contributed by atoms with E-state index in [1.807, 2.05) is 18.2 Å². The maximum atomic E-state index is 11.9. The summed E-state index contributed by atoms with van der Waals surface area (Å²) < 4.78 is 10.4. The predicted molar refractivity (Wildman–Crippen MR) is 83.2 cm³/mol. The lowest BCUT2D eigenvalue weighted by Crippen LogP contribution is -2.34. The number of aliphatic hydroxyl groups is 1. The van der Waals surface area contributed by atoms with Gasteiger partial charge in [-0.3, -0.25) is 4.79 Å². The number of rotatable bonds is 7. The summed E-state index contributed by atoms with van der Waals surface area (Å²) in [6.07, 6.45) is 0.676. The minimum Gasteiger partial charge on any atom is -0.493 e. The number of carbonyl (C=O) groups is 1. The molecule has 1 fully saturated rings. The molecule has 22 heavy (non-hydrogen) atoms. The molecule has 2 unspecified atom stereocenters. The van der Waals surface area contributed by atoms with Gasteiger partial charge in [0.25, 0.3) is 0 Å². The summed E-state index contributed by atoms with van der Waals surface area (Å²) in [6, 6.07) is 5.66. The number of methoxy groups -OCH3 is 2. The molecule has 1 saturated heterocycles. The van der Waals surface area contributed by atoms with E-state index < -0.39 is 0 Å². The second-order valence-corrected chi connectivity index (χ2v) is 5.48. The Hall–Kier alpha value is -1.79. The molecule has 1 heterocycles. The van der Waals surface area contributed by atoms with E-state index >= 15 is 0 Å². The first-order valence-electron chi connectivity index (χ1n) is 7.50. The minimum absolute atomic E-state index is 0.00566. The number of nitrogens with one attached hydrogen (secondary N) is 2. The Morgan fingerprint density at radius 1 is 1.32 bits per heavy atom. The fourth-order valence-electron chi connectivity index (χ4n) is 2.55. The minimum atomic E-state index is -0.369. The molecule has 1 aliphatic heterocycles. The molecule has 0 aliphatic carbocycles. The van der Waals surface area contributed by atoms with Crippen molar-refractivity contribution in [3.05, 3.63) is 23.8 Å². The SMILES string of the molecule is COc1ccc(CCC(=O)NCC2CNCC2O)cc1OC. The lowest BCUT2D eigenvalue weighted by molar-refractivity contribution is -0.121. The first-order valence-corrected chi connectivity index (χ1v) is 7.50. The molecule has 3 N–H and O–H groups in total. The van der Waals surface area contributed by atoms with Gasteiger partial charge in [-0.25, -0.2) is 0 Å².